The molecule has 0 aromatic heterocycles. The summed E-state index contributed by atoms with van der Waals surface area (Å²) in [6.45, 7) is 2.56. The smallest absolute Gasteiger partial charge is 0.315 e. The molecule has 4 heteroatoms. The van der Waals surface area contributed by atoms with E-state index in [2.05, 4.69) is 10.6 Å². The topological polar surface area (TPSA) is 61.4 Å². The number of urea groups is 1. The van der Waals surface area contributed by atoms with Gasteiger partial charge in [0.25, 0.3) is 0 Å². The second-order valence-electron chi connectivity index (χ2n) is 5.38. The summed E-state index contributed by atoms with van der Waals surface area (Å²) >= 11 is 0. The second kappa shape index (κ2) is 6.06. The first kappa shape index (κ1) is 13.9. The van der Waals surface area contributed by atoms with Crippen molar-refractivity contribution in [2.24, 2.45) is 0 Å². The Morgan fingerprint density at radius 1 is 1.32 bits per heavy atom. The molecule has 104 valence electrons. The van der Waals surface area contributed by atoms with E-state index >= 15 is 0 Å². The van der Waals surface area contributed by atoms with Crippen molar-refractivity contribution in [2.75, 3.05) is 6.61 Å². The van der Waals surface area contributed by atoms with Gasteiger partial charge in [0, 0.05) is 6.54 Å². The highest BCUT2D eigenvalue weighted by Crippen LogP contribution is 2.28. The molecular formula is C15H22N2O2. The molecule has 1 aliphatic carbocycles. The van der Waals surface area contributed by atoms with E-state index in [9.17, 15) is 9.90 Å². The van der Waals surface area contributed by atoms with Crippen LogP contribution in [0, 0.1) is 6.92 Å². The molecule has 0 heterocycles. The van der Waals surface area contributed by atoms with Crippen LogP contribution in [0.4, 0.5) is 4.79 Å². The van der Waals surface area contributed by atoms with Crippen molar-refractivity contribution in [1.82, 2.24) is 10.6 Å². The van der Waals surface area contributed by atoms with Crippen molar-refractivity contribution in [3.63, 3.8) is 0 Å². The number of nitrogens with one attached hydrogen (secondary N) is 2. The molecule has 2 rings (SSSR count). The van der Waals surface area contributed by atoms with E-state index in [1.807, 2.05) is 31.2 Å². The zero-order valence-electron chi connectivity index (χ0n) is 11.4. The van der Waals surface area contributed by atoms with Gasteiger partial charge in [0.2, 0.25) is 0 Å². The molecule has 2 amide bonds. The Kier molecular flexibility index (Phi) is 4.43. The average molecular weight is 262 g/mol. The Balaban J connectivity index is 1.86. The minimum atomic E-state index is -0.407. The number of hydrogen-bond acceptors (Lipinski definition) is 2. The fourth-order valence-electron chi connectivity index (χ4n) is 2.64. The van der Waals surface area contributed by atoms with Crippen molar-refractivity contribution >= 4 is 6.03 Å². The van der Waals surface area contributed by atoms with E-state index in [-0.39, 0.29) is 12.6 Å². The Labute approximate surface area is 114 Å². The lowest BCUT2D eigenvalue weighted by Crippen LogP contribution is -2.52. The normalized spacial score (nSPS) is 17.2. The lowest BCUT2D eigenvalue weighted by atomic mass is 9.99. The Bertz CT molecular complexity index is 440. The van der Waals surface area contributed by atoms with E-state index in [0.29, 0.717) is 6.54 Å². The van der Waals surface area contributed by atoms with Gasteiger partial charge in [0.15, 0.2) is 0 Å². The molecule has 1 aromatic carbocycles. The third kappa shape index (κ3) is 3.47. The quantitative estimate of drug-likeness (QED) is 0.778. The van der Waals surface area contributed by atoms with Crippen LogP contribution in [0.5, 0.6) is 0 Å². The van der Waals surface area contributed by atoms with Crippen LogP contribution in [-0.4, -0.2) is 23.3 Å². The summed E-state index contributed by atoms with van der Waals surface area (Å²) in [5.74, 6) is 0. The van der Waals surface area contributed by atoms with Gasteiger partial charge in [-0.2, -0.15) is 0 Å². The number of aliphatic hydroxyl groups is 1. The van der Waals surface area contributed by atoms with Gasteiger partial charge in [-0.25, -0.2) is 4.79 Å². The fourth-order valence-corrected chi connectivity index (χ4v) is 2.64. The first-order valence-electron chi connectivity index (χ1n) is 6.87. The molecule has 0 unspecified atom stereocenters. The molecule has 1 aromatic rings. The minimum Gasteiger partial charge on any atom is -0.394 e. The van der Waals surface area contributed by atoms with Gasteiger partial charge in [0.05, 0.1) is 12.1 Å². The minimum absolute atomic E-state index is 0.0186. The van der Waals surface area contributed by atoms with Crippen molar-refractivity contribution in [2.45, 2.75) is 44.7 Å². The summed E-state index contributed by atoms with van der Waals surface area (Å²) in [6, 6.07) is 7.79. The van der Waals surface area contributed by atoms with E-state index < -0.39 is 5.54 Å². The third-order valence-electron chi connectivity index (χ3n) is 3.94. The molecule has 0 radical (unpaired) electrons. The number of amides is 2. The summed E-state index contributed by atoms with van der Waals surface area (Å²) in [5.41, 5.74) is 1.87. The molecule has 0 atom stereocenters. The molecule has 0 saturated heterocycles. The summed E-state index contributed by atoms with van der Waals surface area (Å²) in [4.78, 5) is 11.9. The Morgan fingerprint density at radius 3 is 2.63 bits per heavy atom. The molecule has 1 fully saturated rings. The monoisotopic (exact) mass is 262 g/mol. The second-order valence-corrected chi connectivity index (χ2v) is 5.38. The maximum atomic E-state index is 11.9. The summed E-state index contributed by atoms with van der Waals surface area (Å²) in [7, 11) is 0. The summed E-state index contributed by atoms with van der Waals surface area (Å²) in [6.07, 6.45) is 3.86. The Morgan fingerprint density at radius 2 is 2.00 bits per heavy atom. The molecule has 0 spiro atoms. The number of carbonyl (C=O) groups excluding carboxylic acids is 1. The van der Waals surface area contributed by atoms with Gasteiger partial charge >= 0.3 is 6.03 Å². The van der Waals surface area contributed by atoms with Crippen LogP contribution in [0.1, 0.15) is 36.8 Å². The fraction of sp³-hybridized carbons (Fsp3) is 0.533. The van der Waals surface area contributed by atoms with Gasteiger partial charge in [-0.1, -0.05) is 37.1 Å². The molecule has 1 aliphatic rings. The number of aryl methyl sites for hydroxylation is 1. The van der Waals surface area contributed by atoms with Crippen LogP contribution in [0.3, 0.4) is 0 Å². The van der Waals surface area contributed by atoms with Gasteiger partial charge < -0.3 is 15.7 Å². The summed E-state index contributed by atoms with van der Waals surface area (Å²) < 4.78 is 0. The Hall–Kier alpha value is -1.55. The highest BCUT2D eigenvalue weighted by atomic mass is 16.3. The predicted molar refractivity (Wildman–Crippen MR) is 74.8 cm³/mol. The van der Waals surface area contributed by atoms with E-state index in [4.69, 9.17) is 0 Å². The molecule has 4 nitrogen and oxygen atoms in total. The summed E-state index contributed by atoms with van der Waals surface area (Å²) in [5, 5.41) is 15.2. The first-order chi connectivity index (χ1) is 9.15. The van der Waals surface area contributed by atoms with E-state index in [1.54, 1.807) is 0 Å². The molecule has 19 heavy (non-hydrogen) atoms. The number of benzene rings is 1. The van der Waals surface area contributed by atoms with Crippen LogP contribution in [0.15, 0.2) is 24.3 Å². The van der Waals surface area contributed by atoms with Crippen LogP contribution in [0.2, 0.25) is 0 Å². The van der Waals surface area contributed by atoms with Gasteiger partial charge in [0.1, 0.15) is 0 Å². The average Bonchev–Trinajstić information content (AvgIpc) is 2.87. The first-order valence-corrected chi connectivity index (χ1v) is 6.87. The van der Waals surface area contributed by atoms with Gasteiger partial charge in [-0.05, 0) is 30.9 Å². The number of carbonyl (C=O) groups is 1. The third-order valence-corrected chi connectivity index (χ3v) is 3.94. The highest BCUT2D eigenvalue weighted by Gasteiger charge is 2.34. The number of rotatable bonds is 4. The van der Waals surface area contributed by atoms with Crippen molar-refractivity contribution in [3.8, 4) is 0 Å². The molecular weight excluding hydrogens is 240 g/mol. The van der Waals surface area contributed by atoms with E-state index in [0.717, 1.165) is 31.2 Å². The van der Waals surface area contributed by atoms with Gasteiger partial charge in [-0.15, -0.1) is 0 Å². The zero-order valence-corrected chi connectivity index (χ0v) is 11.4. The van der Waals surface area contributed by atoms with E-state index in [1.165, 1.54) is 5.56 Å². The molecule has 3 N–H and O–H groups in total. The van der Waals surface area contributed by atoms with Crippen LogP contribution in [0.25, 0.3) is 0 Å². The van der Waals surface area contributed by atoms with Crippen LogP contribution < -0.4 is 10.6 Å². The zero-order chi connectivity index (χ0) is 13.7. The standard InChI is InChI=1S/C15H22N2O2/c1-12-6-2-3-7-13(12)10-16-14(19)17-15(11-18)8-4-5-9-15/h2-3,6-7,18H,4-5,8-11H2,1H3,(H2,16,17,19). The highest BCUT2D eigenvalue weighted by molar-refractivity contribution is 5.74. The van der Waals surface area contributed by atoms with Crippen LogP contribution >= 0.6 is 0 Å². The molecule has 1 saturated carbocycles. The maximum Gasteiger partial charge on any atom is 0.315 e. The van der Waals surface area contributed by atoms with Crippen molar-refractivity contribution in [1.29, 1.82) is 0 Å². The molecule has 0 bridgehead atoms. The SMILES string of the molecule is Cc1ccccc1CNC(=O)NC1(CO)CCCC1. The van der Waals surface area contributed by atoms with Crippen molar-refractivity contribution < 1.29 is 9.90 Å². The predicted octanol–water partition coefficient (Wildman–Crippen LogP) is 2.10. The molecule has 0 aliphatic heterocycles. The maximum absolute atomic E-state index is 11.9. The lowest BCUT2D eigenvalue weighted by molar-refractivity contribution is 0.162. The lowest BCUT2D eigenvalue weighted by Gasteiger charge is -2.28. The number of hydrogen-bond donors (Lipinski definition) is 3. The van der Waals surface area contributed by atoms with Crippen molar-refractivity contribution in [3.05, 3.63) is 35.4 Å². The van der Waals surface area contributed by atoms with Gasteiger partial charge in [-0.3, -0.25) is 0 Å². The van der Waals surface area contributed by atoms with Crippen LogP contribution in [-0.2, 0) is 6.54 Å². The largest absolute Gasteiger partial charge is 0.394 e. The number of aliphatic hydroxyl groups excluding tert-OH is 1.